The van der Waals surface area contributed by atoms with Crippen molar-refractivity contribution in [3.63, 3.8) is 0 Å². The molecule has 11 heavy (non-hydrogen) atoms. The third-order valence-electron chi connectivity index (χ3n) is 1.70. The van der Waals surface area contributed by atoms with Gasteiger partial charge in [-0.15, -0.1) is 11.6 Å². The molecule has 0 saturated carbocycles. The van der Waals surface area contributed by atoms with E-state index in [0.717, 1.165) is 11.1 Å². The van der Waals surface area contributed by atoms with Crippen molar-refractivity contribution in [3.05, 3.63) is 29.3 Å². The van der Waals surface area contributed by atoms with Gasteiger partial charge in [0.25, 0.3) is 0 Å². The minimum absolute atomic E-state index is 0.130. The Morgan fingerprint density at radius 1 is 1.45 bits per heavy atom. The monoisotopic (exact) mass is 170 g/mol. The maximum atomic E-state index is 9.48. The van der Waals surface area contributed by atoms with Crippen molar-refractivity contribution in [2.75, 3.05) is 0 Å². The van der Waals surface area contributed by atoms with Crippen LogP contribution in [0.15, 0.2) is 18.2 Å². The zero-order valence-electron chi connectivity index (χ0n) is 6.63. The predicted molar refractivity (Wildman–Crippen MR) is 47.1 cm³/mol. The number of rotatable bonds is 1. The topological polar surface area (TPSA) is 20.2 Å². The highest BCUT2D eigenvalue weighted by Crippen LogP contribution is 2.30. The summed E-state index contributed by atoms with van der Waals surface area (Å²) in [5.74, 6) is 0.315. The van der Waals surface area contributed by atoms with Gasteiger partial charge in [0.2, 0.25) is 0 Å². The van der Waals surface area contributed by atoms with Crippen molar-refractivity contribution in [2.45, 2.75) is 19.2 Å². The quantitative estimate of drug-likeness (QED) is 0.643. The average molecular weight is 171 g/mol. The van der Waals surface area contributed by atoms with E-state index in [2.05, 4.69) is 0 Å². The Morgan fingerprint density at radius 3 is 2.55 bits per heavy atom. The van der Waals surface area contributed by atoms with E-state index < -0.39 is 0 Å². The molecular formula is C9H11ClO. The third kappa shape index (κ3) is 1.66. The first-order valence-electron chi connectivity index (χ1n) is 3.55. The maximum absolute atomic E-state index is 9.48. The molecule has 1 aromatic carbocycles. The Kier molecular flexibility index (Phi) is 2.40. The van der Waals surface area contributed by atoms with E-state index in [4.69, 9.17) is 11.6 Å². The van der Waals surface area contributed by atoms with Crippen LogP contribution in [0.2, 0.25) is 0 Å². The molecule has 1 rings (SSSR count). The van der Waals surface area contributed by atoms with Crippen molar-refractivity contribution in [2.24, 2.45) is 0 Å². The fourth-order valence-electron chi connectivity index (χ4n) is 1.00. The van der Waals surface area contributed by atoms with Gasteiger partial charge in [-0.1, -0.05) is 18.2 Å². The van der Waals surface area contributed by atoms with E-state index in [9.17, 15) is 5.11 Å². The highest BCUT2D eigenvalue weighted by atomic mass is 35.5. The summed E-state index contributed by atoms with van der Waals surface area (Å²) in [6.45, 7) is 3.70. The van der Waals surface area contributed by atoms with Gasteiger partial charge in [-0.05, 0) is 19.4 Å². The molecule has 60 valence electrons. The van der Waals surface area contributed by atoms with Gasteiger partial charge in [-0.2, -0.15) is 0 Å². The summed E-state index contributed by atoms with van der Waals surface area (Å²) in [6.07, 6.45) is 0. The molecule has 1 nitrogen and oxygen atoms in total. The molecule has 0 heterocycles. The number of phenols is 1. The van der Waals surface area contributed by atoms with Crippen LogP contribution in [0.3, 0.4) is 0 Å². The lowest BCUT2D eigenvalue weighted by Crippen LogP contribution is -1.86. The summed E-state index contributed by atoms with van der Waals surface area (Å²) in [5, 5.41) is 9.35. The number of alkyl halides is 1. The number of hydrogen-bond donors (Lipinski definition) is 1. The van der Waals surface area contributed by atoms with Gasteiger partial charge in [-0.3, -0.25) is 0 Å². The molecule has 0 aromatic heterocycles. The number of halogens is 1. The number of para-hydroxylation sites is 1. The number of benzene rings is 1. The lowest BCUT2D eigenvalue weighted by Gasteiger charge is -2.07. The molecule has 0 aliphatic heterocycles. The summed E-state index contributed by atoms with van der Waals surface area (Å²) in [5.41, 5.74) is 1.67. The average Bonchev–Trinajstić information content (AvgIpc) is 1.94. The molecule has 0 aliphatic carbocycles. The fraction of sp³-hybridized carbons (Fsp3) is 0.333. The number of aryl methyl sites for hydroxylation is 1. The first kappa shape index (κ1) is 8.41. The predicted octanol–water partition coefficient (Wildman–Crippen LogP) is 3.00. The van der Waals surface area contributed by atoms with E-state index in [1.54, 1.807) is 0 Å². The molecule has 1 aromatic rings. The second-order valence-electron chi connectivity index (χ2n) is 2.63. The standard InChI is InChI=1S/C9H11ClO/c1-6-4-3-5-8(7(2)10)9(6)11/h3-5,7,11H,1-2H3. The second kappa shape index (κ2) is 3.14. The molecule has 0 fully saturated rings. The number of hydrogen-bond acceptors (Lipinski definition) is 1. The van der Waals surface area contributed by atoms with Crippen LogP contribution in [0, 0.1) is 6.92 Å². The zero-order chi connectivity index (χ0) is 8.43. The molecule has 0 radical (unpaired) electrons. The van der Waals surface area contributed by atoms with Crippen molar-refractivity contribution in [1.82, 2.24) is 0 Å². The summed E-state index contributed by atoms with van der Waals surface area (Å²) in [4.78, 5) is 0. The van der Waals surface area contributed by atoms with Gasteiger partial charge < -0.3 is 5.11 Å². The second-order valence-corrected chi connectivity index (χ2v) is 3.28. The molecule has 0 spiro atoms. The van der Waals surface area contributed by atoms with E-state index in [1.807, 2.05) is 32.0 Å². The minimum atomic E-state index is -0.130. The normalized spacial score (nSPS) is 13.0. The first-order valence-corrected chi connectivity index (χ1v) is 3.99. The van der Waals surface area contributed by atoms with Crippen LogP contribution in [0.5, 0.6) is 5.75 Å². The van der Waals surface area contributed by atoms with Crippen molar-refractivity contribution >= 4 is 11.6 Å². The largest absolute Gasteiger partial charge is 0.507 e. The highest BCUT2D eigenvalue weighted by molar-refractivity contribution is 6.20. The SMILES string of the molecule is Cc1cccc(C(C)Cl)c1O. The summed E-state index contributed by atoms with van der Waals surface area (Å²) in [7, 11) is 0. The van der Waals surface area contributed by atoms with E-state index in [0.29, 0.717) is 5.75 Å². The smallest absolute Gasteiger partial charge is 0.123 e. The molecule has 1 unspecified atom stereocenters. The summed E-state index contributed by atoms with van der Waals surface area (Å²) < 4.78 is 0. The van der Waals surface area contributed by atoms with Gasteiger partial charge in [0.15, 0.2) is 0 Å². The minimum Gasteiger partial charge on any atom is -0.507 e. The highest BCUT2D eigenvalue weighted by Gasteiger charge is 2.07. The molecule has 0 bridgehead atoms. The molecule has 1 N–H and O–H groups in total. The Bertz CT molecular complexity index is 256. The van der Waals surface area contributed by atoms with Crippen molar-refractivity contribution in [1.29, 1.82) is 0 Å². The summed E-state index contributed by atoms with van der Waals surface area (Å²) >= 11 is 5.82. The Morgan fingerprint density at radius 2 is 2.09 bits per heavy atom. The van der Waals surface area contributed by atoms with Crippen LogP contribution in [0.4, 0.5) is 0 Å². The van der Waals surface area contributed by atoms with Crippen LogP contribution in [-0.4, -0.2) is 5.11 Å². The van der Waals surface area contributed by atoms with Crippen molar-refractivity contribution < 1.29 is 5.11 Å². The van der Waals surface area contributed by atoms with E-state index >= 15 is 0 Å². The van der Waals surface area contributed by atoms with Crippen LogP contribution < -0.4 is 0 Å². The van der Waals surface area contributed by atoms with Gasteiger partial charge in [0.05, 0.1) is 5.38 Å². The van der Waals surface area contributed by atoms with Crippen LogP contribution >= 0.6 is 11.6 Å². The Balaban J connectivity index is 3.17. The molecular weight excluding hydrogens is 160 g/mol. The first-order chi connectivity index (χ1) is 5.13. The van der Waals surface area contributed by atoms with Gasteiger partial charge in [0.1, 0.15) is 5.75 Å². The summed E-state index contributed by atoms with van der Waals surface area (Å²) in [6, 6.07) is 5.58. The Labute approximate surface area is 71.6 Å². The lowest BCUT2D eigenvalue weighted by atomic mass is 10.1. The fourth-order valence-corrected chi connectivity index (χ4v) is 1.18. The lowest BCUT2D eigenvalue weighted by molar-refractivity contribution is 0.464. The molecule has 2 heteroatoms. The van der Waals surface area contributed by atoms with Crippen LogP contribution in [-0.2, 0) is 0 Å². The maximum Gasteiger partial charge on any atom is 0.123 e. The zero-order valence-corrected chi connectivity index (χ0v) is 7.39. The van der Waals surface area contributed by atoms with E-state index in [1.165, 1.54) is 0 Å². The molecule has 0 saturated heterocycles. The van der Waals surface area contributed by atoms with Crippen LogP contribution in [0.1, 0.15) is 23.4 Å². The van der Waals surface area contributed by atoms with Crippen LogP contribution in [0.25, 0.3) is 0 Å². The van der Waals surface area contributed by atoms with Crippen molar-refractivity contribution in [3.8, 4) is 5.75 Å². The molecule has 0 aliphatic rings. The van der Waals surface area contributed by atoms with E-state index in [-0.39, 0.29) is 5.38 Å². The molecule has 0 amide bonds. The number of aromatic hydroxyl groups is 1. The molecule has 1 atom stereocenters. The van der Waals surface area contributed by atoms with Gasteiger partial charge in [0, 0.05) is 5.56 Å². The number of phenolic OH excluding ortho intramolecular Hbond substituents is 1. The third-order valence-corrected chi connectivity index (χ3v) is 1.93. The van der Waals surface area contributed by atoms with Gasteiger partial charge >= 0.3 is 0 Å². The Hall–Kier alpha value is -0.690. The van der Waals surface area contributed by atoms with Gasteiger partial charge in [-0.25, -0.2) is 0 Å².